The van der Waals surface area contributed by atoms with Crippen molar-refractivity contribution in [3.05, 3.63) is 0 Å². The zero-order valence-corrected chi connectivity index (χ0v) is 7.80. The number of rotatable bonds is 3. The molecule has 3 N–H and O–H groups in total. The Bertz CT molecular complexity index is 239. The van der Waals surface area contributed by atoms with Gasteiger partial charge < -0.3 is 9.79 Å². The van der Waals surface area contributed by atoms with Gasteiger partial charge in [-0.3, -0.25) is 14.6 Å². The van der Waals surface area contributed by atoms with Gasteiger partial charge in [0.25, 0.3) is 0 Å². The molecular weight excluding hydrogens is 197 g/mol. The van der Waals surface area contributed by atoms with Gasteiger partial charge in [0.1, 0.15) is 0 Å². The van der Waals surface area contributed by atoms with Gasteiger partial charge in [0, 0.05) is 0 Å². The molecule has 0 aromatic rings. The highest BCUT2D eigenvalue weighted by Gasteiger charge is 2.38. The molecule has 0 spiro atoms. The molecule has 6 nitrogen and oxygen atoms in total. The SMILES string of the molecule is O=CN(O)[C@@H]1CC[C@@H](P(=O)(O)O)C1. The third-order valence-corrected chi connectivity index (χ3v) is 3.76. The fourth-order valence-electron chi connectivity index (χ4n) is 1.57. The first-order valence-corrected chi connectivity index (χ1v) is 5.61. The van der Waals surface area contributed by atoms with Crippen LogP contribution in [0.5, 0.6) is 0 Å². The first kappa shape index (κ1) is 10.7. The Morgan fingerprint density at radius 2 is 2.00 bits per heavy atom. The van der Waals surface area contributed by atoms with Crippen molar-refractivity contribution in [1.29, 1.82) is 0 Å². The molecule has 0 aromatic heterocycles. The standard InChI is InChI=1S/C6H12NO5P/c8-4-7(9)5-1-2-6(3-5)13(10,11)12/h4-6,9H,1-3H2,(H2,10,11,12)/t5-,6-/m1/s1. The Kier molecular flexibility index (Phi) is 3.08. The van der Waals surface area contributed by atoms with Gasteiger partial charge in [-0.1, -0.05) is 0 Å². The topological polar surface area (TPSA) is 98.1 Å². The van der Waals surface area contributed by atoms with Gasteiger partial charge in [-0.05, 0) is 19.3 Å². The second-order valence-electron chi connectivity index (χ2n) is 3.20. The van der Waals surface area contributed by atoms with Crippen molar-refractivity contribution in [2.75, 3.05) is 0 Å². The van der Waals surface area contributed by atoms with Crippen LogP contribution in [0.1, 0.15) is 19.3 Å². The van der Waals surface area contributed by atoms with Crippen LogP contribution >= 0.6 is 7.60 Å². The molecule has 1 saturated carbocycles. The smallest absolute Gasteiger partial charge is 0.324 e. The molecule has 0 saturated heterocycles. The van der Waals surface area contributed by atoms with E-state index in [-0.39, 0.29) is 12.8 Å². The number of hydrogen-bond donors (Lipinski definition) is 3. The molecule has 13 heavy (non-hydrogen) atoms. The van der Waals surface area contributed by atoms with E-state index in [1.165, 1.54) is 0 Å². The molecule has 0 bridgehead atoms. The van der Waals surface area contributed by atoms with Crippen LogP contribution in [0.3, 0.4) is 0 Å². The summed E-state index contributed by atoms with van der Waals surface area (Å²) in [5.74, 6) is 0. The van der Waals surface area contributed by atoms with Crippen molar-refractivity contribution in [1.82, 2.24) is 5.06 Å². The Hall–Kier alpha value is -0.420. The largest absolute Gasteiger partial charge is 0.328 e. The molecular formula is C6H12NO5P. The summed E-state index contributed by atoms with van der Waals surface area (Å²) in [6.07, 6.45) is 1.21. The van der Waals surface area contributed by atoms with E-state index >= 15 is 0 Å². The normalized spacial score (nSPS) is 28.8. The zero-order chi connectivity index (χ0) is 10.1. The van der Waals surface area contributed by atoms with Crippen LogP contribution in [0, 0.1) is 0 Å². The number of nitrogens with zero attached hydrogens (tertiary/aromatic N) is 1. The third-order valence-electron chi connectivity index (χ3n) is 2.34. The molecule has 0 aromatic carbocycles. The van der Waals surface area contributed by atoms with Crippen LogP contribution in [-0.4, -0.2) is 38.2 Å². The quantitative estimate of drug-likeness (QED) is 0.261. The van der Waals surface area contributed by atoms with E-state index in [0.29, 0.717) is 17.9 Å². The highest BCUT2D eigenvalue weighted by atomic mass is 31.2. The van der Waals surface area contributed by atoms with Crippen LogP contribution in [0.2, 0.25) is 0 Å². The van der Waals surface area contributed by atoms with Gasteiger partial charge in [0.05, 0.1) is 11.7 Å². The average molecular weight is 209 g/mol. The fourth-order valence-corrected chi connectivity index (χ4v) is 2.57. The van der Waals surface area contributed by atoms with E-state index in [2.05, 4.69) is 0 Å². The Labute approximate surface area is 75.3 Å². The van der Waals surface area contributed by atoms with Crippen molar-refractivity contribution >= 4 is 14.0 Å². The highest BCUT2D eigenvalue weighted by Crippen LogP contribution is 2.49. The highest BCUT2D eigenvalue weighted by molar-refractivity contribution is 7.52. The Morgan fingerprint density at radius 1 is 1.38 bits per heavy atom. The van der Waals surface area contributed by atoms with Crippen LogP contribution in [0.25, 0.3) is 0 Å². The average Bonchev–Trinajstić information content (AvgIpc) is 2.50. The monoisotopic (exact) mass is 209 g/mol. The maximum atomic E-state index is 10.8. The van der Waals surface area contributed by atoms with E-state index in [9.17, 15) is 9.36 Å². The lowest BCUT2D eigenvalue weighted by atomic mass is 10.2. The summed E-state index contributed by atoms with van der Waals surface area (Å²) >= 11 is 0. The third kappa shape index (κ3) is 2.51. The lowest BCUT2D eigenvalue weighted by Gasteiger charge is -2.17. The number of carbonyl (C=O) groups is 1. The zero-order valence-electron chi connectivity index (χ0n) is 6.91. The predicted octanol–water partition coefficient (Wildman–Crippen LogP) is -0.0672. The van der Waals surface area contributed by atoms with Crippen LogP contribution < -0.4 is 0 Å². The first-order chi connectivity index (χ1) is 5.95. The maximum absolute atomic E-state index is 10.8. The van der Waals surface area contributed by atoms with Crippen molar-refractivity contribution in [2.45, 2.75) is 31.0 Å². The predicted molar refractivity (Wildman–Crippen MR) is 43.2 cm³/mol. The van der Waals surface area contributed by atoms with E-state index in [1.807, 2.05) is 0 Å². The summed E-state index contributed by atoms with van der Waals surface area (Å²) in [5.41, 5.74) is -0.716. The second kappa shape index (κ2) is 3.75. The van der Waals surface area contributed by atoms with E-state index in [1.54, 1.807) is 0 Å². The molecule has 2 atom stereocenters. The van der Waals surface area contributed by atoms with Crippen LogP contribution in [0.4, 0.5) is 0 Å². The van der Waals surface area contributed by atoms with E-state index < -0.39 is 19.3 Å². The molecule has 0 aliphatic heterocycles. The molecule has 1 aliphatic rings. The molecule has 1 rings (SSSR count). The molecule has 76 valence electrons. The van der Waals surface area contributed by atoms with E-state index in [4.69, 9.17) is 15.0 Å². The fraction of sp³-hybridized carbons (Fsp3) is 0.833. The minimum Gasteiger partial charge on any atom is -0.324 e. The van der Waals surface area contributed by atoms with Gasteiger partial charge in [-0.15, -0.1) is 0 Å². The molecule has 7 heteroatoms. The molecule has 1 fully saturated rings. The molecule has 1 aliphatic carbocycles. The molecule has 0 unspecified atom stereocenters. The summed E-state index contributed by atoms with van der Waals surface area (Å²) in [7, 11) is -4.05. The summed E-state index contributed by atoms with van der Waals surface area (Å²) in [6, 6.07) is -0.449. The van der Waals surface area contributed by atoms with Crippen LogP contribution in [0.15, 0.2) is 0 Å². The van der Waals surface area contributed by atoms with Gasteiger partial charge >= 0.3 is 7.60 Å². The maximum Gasteiger partial charge on any atom is 0.328 e. The minimum atomic E-state index is -4.05. The van der Waals surface area contributed by atoms with Gasteiger partial charge in [-0.25, -0.2) is 5.06 Å². The van der Waals surface area contributed by atoms with Crippen LogP contribution in [-0.2, 0) is 9.36 Å². The van der Waals surface area contributed by atoms with Gasteiger partial charge in [-0.2, -0.15) is 0 Å². The number of hydrogen-bond acceptors (Lipinski definition) is 3. The number of hydroxylamine groups is 2. The lowest BCUT2D eigenvalue weighted by Crippen LogP contribution is -2.28. The lowest BCUT2D eigenvalue weighted by molar-refractivity contribution is -0.159. The van der Waals surface area contributed by atoms with Crippen molar-refractivity contribution in [2.24, 2.45) is 0 Å². The summed E-state index contributed by atoms with van der Waals surface area (Å²) in [5, 5.41) is 9.44. The van der Waals surface area contributed by atoms with E-state index in [0.717, 1.165) is 0 Å². The van der Waals surface area contributed by atoms with Crippen molar-refractivity contribution in [3.63, 3.8) is 0 Å². The van der Waals surface area contributed by atoms with Crippen molar-refractivity contribution < 1.29 is 24.4 Å². The first-order valence-electron chi connectivity index (χ1n) is 3.93. The van der Waals surface area contributed by atoms with Gasteiger partial charge in [0.2, 0.25) is 6.41 Å². The summed E-state index contributed by atoms with van der Waals surface area (Å²) in [4.78, 5) is 27.8. The summed E-state index contributed by atoms with van der Waals surface area (Å²) < 4.78 is 10.8. The number of carbonyl (C=O) groups excluding carboxylic acids is 1. The minimum absolute atomic E-state index is 0.166. The molecule has 1 amide bonds. The molecule has 0 radical (unpaired) electrons. The Morgan fingerprint density at radius 3 is 2.38 bits per heavy atom. The number of amides is 1. The molecule has 0 heterocycles. The Balaban J connectivity index is 2.54. The summed E-state index contributed by atoms with van der Waals surface area (Å²) in [6.45, 7) is 0. The second-order valence-corrected chi connectivity index (χ2v) is 5.10. The van der Waals surface area contributed by atoms with Gasteiger partial charge in [0.15, 0.2) is 0 Å². The van der Waals surface area contributed by atoms with Crippen molar-refractivity contribution in [3.8, 4) is 0 Å².